The van der Waals surface area contributed by atoms with Gasteiger partial charge in [-0.1, -0.05) is 0 Å². The van der Waals surface area contributed by atoms with Gasteiger partial charge in [0.05, 0.1) is 11.7 Å². The Morgan fingerprint density at radius 3 is 2.41 bits per heavy atom. The third-order valence-corrected chi connectivity index (χ3v) is 4.47. The van der Waals surface area contributed by atoms with Crippen molar-refractivity contribution in [2.45, 2.75) is 37.6 Å². The van der Waals surface area contributed by atoms with Crippen LogP contribution in [0.15, 0.2) is 18.3 Å². The molecule has 8 heteroatoms. The van der Waals surface area contributed by atoms with E-state index < -0.39 is 11.7 Å². The number of nitrogens with zero attached hydrogens (tertiary/aromatic N) is 2. The summed E-state index contributed by atoms with van der Waals surface area (Å²) >= 11 is 0. The zero-order valence-electron chi connectivity index (χ0n) is 12.1. The molecule has 5 nitrogen and oxygen atoms in total. The van der Waals surface area contributed by atoms with Gasteiger partial charge in [-0.2, -0.15) is 13.2 Å². The van der Waals surface area contributed by atoms with Gasteiger partial charge in [-0.15, -0.1) is 0 Å². The molecular weight excluding hydrogens is 295 g/mol. The maximum Gasteiger partial charge on any atom is 0.417 e. The van der Waals surface area contributed by atoms with E-state index in [9.17, 15) is 13.2 Å². The second-order valence-electron chi connectivity index (χ2n) is 5.96. The standard InChI is InChI=1S/C14H20F3N5/c15-14(16,17)10-1-2-13(19-8-10)22-5-3-9(4-6-22)11-7-12(18)21-20-11/h1-2,8-9,11-12,20-21H,3-7,18H2. The highest BCUT2D eigenvalue weighted by molar-refractivity contribution is 5.40. The van der Waals surface area contributed by atoms with Crippen LogP contribution in [0, 0.1) is 5.92 Å². The Kier molecular flexibility index (Phi) is 4.24. The summed E-state index contributed by atoms with van der Waals surface area (Å²) in [5.74, 6) is 1.15. The number of alkyl halides is 3. The zero-order chi connectivity index (χ0) is 15.7. The summed E-state index contributed by atoms with van der Waals surface area (Å²) < 4.78 is 37.6. The molecule has 0 aliphatic carbocycles. The molecular formula is C14H20F3N5. The summed E-state index contributed by atoms with van der Waals surface area (Å²) in [4.78, 5) is 6.00. The second-order valence-corrected chi connectivity index (χ2v) is 5.96. The Hall–Kier alpha value is -1.38. The molecule has 0 spiro atoms. The fourth-order valence-electron chi connectivity index (χ4n) is 3.19. The van der Waals surface area contributed by atoms with Crippen molar-refractivity contribution in [1.82, 2.24) is 15.8 Å². The van der Waals surface area contributed by atoms with E-state index in [2.05, 4.69) is 15.8 Å². The summed E-state index contributed by atoms with van der Waals surface area (Å²) in [5.41, 5.74) is 11.4. The summed E-state index contributed by atoms with van der Waals surface area (Å²) in [6.07, 6.45) is -0.562. The molecule has 2 atom stereocenters. The maximum absolute atomic E-state index is 12.5. The number of nitrogens with one attached hydrogen (secondary N) is 2. The number of hydrazine groups is 1. The highest BCUT2D eigenvalue weighted by atomic mass is 19.4. The van der Waals surface area contributed by atoms with Gasteiger partial charge in [0.25, 0.3) is 0 Å². The molecule has 4 N–H and O–H groups in total. The van der Waals surface area contributed by atoms with E-state index in [4.69, 9.17) is 5.73 Å². The van der Waals surface area contributed by atoms with Crippen LogP contribution < -0.4 is 21.5 Å². The predicted molar refractivity (Wildman–Crippen MR) is 76.8 cm³/mol. The first-order valence-electron chi connectivity index (χ1n) is 7.48. The monoisotopic (exact) mass is 315 g/mol. The van der Waals surface area contributed by atoms with Crippen LogP contribution in [0.3, 0.4) is 0 Å². The van der Waals surface area contributed by atoms with Crippen LogP contribution in [-0.4, -0.2) is 30.3 Å². The van der Waals surface area contributed by atoms with Crippen molar-refractivity contribution in [3.05, 3.63) is 23.9 Å². The topological polar surface area (TPSA) is 66.2 Å². The van der Waals surface area contributed by atoms with Crippen LogP contribution in [0.4, 0.5) is 19.0 Å². The average Bonchev–Trinajstić information content (AvgIpc) is 2.93. The number of anilines is 1. The average molecular weight is 315 g/mol. The van der Waals surface area contributed by atoms with E-state index in [1.165, 1.54) is 6.07 Å². The van der Waals surface area contributed by atoms with Crippen molar-refractivity contribution < 1.29 is 13.2 Å². The first-order chi connectivity index (χ1) is 10.4. The van der Waals surface area contributed by atoms with Crippen LogP contribution >= 0.6 is 0 Å². The van der Waals surface area contributed by atoms with Crippen molar-refractivity contribution in [2.24, 2.45) is 11.7 Å². The van der Waals surface area contributed by atoms with Gasteiger partial charge >= 0.3 is 6.18 Å². The lowest BCUT2D eigenvalue weighted by Crippen LogP contribution is -2.43. The molecule has 3 heterocycles. The first kappa shape index (κ1) is 15.5. The van der Waals surface area contributed by atoms with Crippen molar-refractivity contribution in [3.63, 3.8) is 0 Å². The maximum atomic E-state index is 12.5. The molecule has 0 aromatic carbocycles. The summed E-state index contributed by atoms with van der Waals surface area (Å²) in [5, 5.41) is 0. The Labute approximate surface area is 127 Å². The molecule has 2 saturated heterocycles. The predicted octanol–water partition coefficient (Wildman–Crippen LogP) is 1.47. The molecule has 3 rings (SSSR count). The smallest absolute Gasteiger partial charge is 0.357 e. The van der Waals surface area contributed by atoms with Gasteiger partial charge in [0.2, 0.25) is 0 Å². The molecule has 0 amide bonds. The SMILES string of the molecule is NC1CC(C2CCN(c3ccc(C(F)(F)F)cn3)CC2)NN1. The van der Waals surface area contributed by atoms with Gasteiger partial charge in [-0.05, 0) is 37.3 Å². The molecule has 1 aromatic heterocycles. The zero-order valence-corrected chi connectivity index (χ0v) is 12.1. The van der Waals surface area contributed by atoms with Crippen molar-refractivity contribution in [1.29, 1.82) is 0 Å². The lowest BCUT2D eigenvalue weighted by atomic mass is 9.88. The van der Waals surface area contributed by atoms with Gasteiger partial charge < -0.3 is 10.6 Å². The van der Waals surface area contributed by atoms with E-state index in [0.29, 0.717) is 17.8 Å². The molecule has 2 aliphatic rings. The fraction of sp³-hybridized carbons (Fsp3) is 0.643. The first-order valence-corrected chi connectivity index (χ1v) is 7.48. The number of hydrogen-bond donors (Lipinski definition) is 3. The molecule has 2 fully saturated rings. The number of rotatable bonds is 2. The molecule has 2 aliphatic heterocycles. The van der Waals surface area contributed by atoms with Gasteiger partial charge in [0.1, 0.15) is 5.82 Å². The largest absolute Gasteiger partial charge is 0.417 e. The van der Waals surface area contributed by atoms with E-state index in [0.717, 1.165) is 44.6 Å². The summed E-state index contributed by atoms with van der Waals surface area (Å²) in [7, 11) is 0. The minimum atomic E-state index is -4.33. The molecule has 0 radical (unpaired) electrons. The van der Waals surface area contributed by atoms with Crippen molar-refractivity contribution >= 4 is 5.82 Å². The van der Waals surface area contributed by atoms with Crippen LogP contribution in [-0.2, 0) is 6.18 Å². The van der Waals surface area contributed by atoms with Crippen LogP contribution in [0.5, 0.6) is 0 Å². The Balaban J connectivity index is 1.57. The van der Waals surface area contributed by atoms with E-state index in [-0.39, 0.29) is 6.17 Å². The van der Waals surface area contributed by atoms with Crippen molar-refractivity contribution in [3.8, 4) is 0 Å². The Bertz CT molecular complexity index is 496. The lowest BCUT2D eigenvalue weighted by Gasteiger charge is -2.35. The van der Waals surface area contributed by atoms with Crippen LogP contribution in [0.2, 0.25) is 0 Å². The quantitative estimate of drug-likeness (QED) is 0.771. The van der Waals surface area contributed by atoms with E-state index in [1.54, 1.807) is 0 Å². The van der Waals surface area contributed by atoms with Gasteiger partial charge in [-0.3, -0.25) is 5.43 Å². The molecule has 122 valence electrons. The summed E-state index contributed by atoms with van der Waals surface area (Å²) in [6.45, 7) is 1.60. The van der Waals surface area contributed by atoms with Crippen LogP contribution in [0.25, 0.3) is 0 Å². The molecule has 0 bridgehead atoms. The Morgan fingerprint density at radius 1 is 1.18 bits per heavy atom. The van der Waals surface area contributed by atoms with Crippen molar-refractivity contribution in [2.75, 3.05) is 18.0 Å². The number of nitrogens with two attached hydrogens (primary N) is 1. The number of halogens is 3. The fourth-order valence-corrected chi connectivity index (χ4v) is 3.19. The summed E-state index contributed by atoms with van der Waals surface area (Å²) in [6, 6.07) is 2.92. The normalized spacial score (nSPS) is 27.4. The minimum Gasteiger partial charge on any atom is -0.357 e. The number of aromatic nitrogens is 1. The molecule has 0 saturated carbocycles. The minimum absolute atomic E-state index is 0.000362. The van der Waals surface area contributed by atoms with Gasteiger partial charge in [-0.25, -0.2) is 10.4 Å². The van der Waals surface area contributed by atoms with Gasteiger partial charge in [0.15, 0.2) is 0 Å². The second kappa shape index (κ2) is 6.02. The van der Waals surface area contributed by atoms with Gasteiger partial charge in [0, 0.05) is 25.3 Å². The molecule has 2 unspecified atom stereocenters. The third-order valence-electron chi connectivity index (χ3n) is 4.47. The Morgan fingerprint density at radius 2 is 1.91 bits per heavy atom. The van der Waals surface area contributed by atoms with E-state index >= 15 is 0 Å². The van der Waals surface area contributed by atoms with Crippen LogP contribution in [0.1, 0.15) is 24.8 Å². The third kappa shape index (κ3) is 3.34. The molecule has 1 aromatic rings. The lowest BCUT2D eigenvalue weighted by molar-refractivity contribution is -0.137. The number of piperidine rings is 1. The highest BCUT2D eigenvalue weighted by Crippen LogP contribution is 2.31. The number of hydrogen-bond acceptors (Lipinski definition) is 5. The highest BCUT2D eigenvalue weighted by Gasteiger charge is 2.33. The van der Waals surface area contributed by atoms with E-state index in [1.807, 2.05) is 4.90 Å². The number of pyridine rings is 1. The molecule has 22 heavy (non-hydrogen) atoms.